The van der Waals surface area contributed by atoms with Crippen molar-refractivity contribution in [3.63, 3.8) is 0 Å². The molecule has 1 aliphatic rings. The SMILES string of the molecule is CCNC(c1ncccc1C)C1CCCC(C)C1. The number of nitrogens with one attached hydrogen (secondary N) is 1. The van der Waals surface area contributed by atoms with Crippen molar-refractivity contribution in [2.75, 3.05) is 6.54 Å². The summed E-state index contributed by atoms with van der Waals surface area (Å²) in [6.07, 6.45) is 7.39. The summed E-state index contributed by atoms with van der Waals surface area (Å²) in [5.41, 5.74) is 2.58. The van der Waals surface area contributed by atoms with Gasteiger partial charge in [0.15, 0.2) is 0 Å². The molecular formula is C16H26N2. The molecule has 0 aromatic carbocycles. The van der Waals surface area contributed by atoms with Gasteiger partial charge >= 0.3 is 0 Å². The monoisotopic (exact) mass is 246 g/mol. The molecule has 0 radical (unpaired) electrons. The van der Waals surface area contributed by atoms with Crippen LogP contribution >= 0.6 is 0 Å². The lowest BCUT2D eigenvalue weighted by Crippen LogP contribution is -2.32. The van der Waals surface area contributed by atoms with Crippen LogP contribution in [0, 0.1) is 18.8 Å². The molecular weight excluding hydrogens is 220 g/mol. The normalized spacial score (nSPS) is 25.9. The van der Waals surface area contributed by atoms with Crippen LogP contribution in [0.1, 0.15) is 56.8 Å². The fourth-order valence-corrected chi connectivity index (χ4v) is 3.31. The third-order valence-electron chi connectivity index (χ3n) is 4.22. The van der Waals surface area contributed by atoms with Crippen LogP contribution in [0.5, 0.6) is 0 Å². The molecule has 0 amide bonds. The van der Waals surface area contributed by atoms with Crippen LogP contribution in [0.15, 0.2) is 18.3 Å². The molecule has 0 saturated heterocycles. The molecule has 2 nitrogen and oxygen atoms in total. The molecule has 1 N–H and O–H groups in total. The molecule has 0 spiro atoms. The van der Waals surface area contributed by atoms with Crippen molar-refractivity contribution in [1.82, 2.24) is 10.3 Å². The molecule has 3 atom stereocenters. The van der Waals surface area contributed by atoms with Gasteiger partial charge in [0.1, 0.15) is 0 Å². The van der Waals surface area contributed by atoms with Crippen LogP contribution in [-0.2, 0) is 0 Å². The summed E-state index contributed by atoms with van der Waals surface area (Å²) < 4.78 is 0. The number of hydrogen-bond donors (Lipinski definition) is 1. The number of aryl methyl sites for hydroxylation is 1. The van der Waals surface area contributed by atoms with E-state index in [0.29, 0.717) is 6.04 Å². The Labute approximate surface area is 111 Å². The van der Waals surface area contributed by atoms with Crippen molar-refractivity contribution in [2.45, 2.75) is 52.5 Å². The van der Waals surface area contributed by atoms with Gasteiger partial charge in [-0.15, -0.1) is 0 Å². The van der Waals surface area contributed by atoms with Crippen LogP contribution in [-0.4, -0.2) is 11.5 Å². The highest BCUT2D eigenvalue weighted by Gasteiger charge is 2.28. The van der Waals surface area contributed by atoms with E-state index >= 15 is 0 Å². The molecule has 0 aliphatic heterocycles. The minimum absolute atomic E-state index is 0.443. The Morgan fingerprint density at radius 2 is 2.28 bits per heavy atom. The maximum atomic E-state index is 4.63. The van der Waals surface area contributed by atoms with Gasteiger partial charge in [-0.05, 0) is 49.8 Å². The Morgan fingerprint density at radius 1 is 1.44 bits per heavy atom. The second kappa shape index (κ2) is 6.33. The average Bonchev–Trinajstić information content (AvgIpc) is 2.37. The van der Waals surface area contributed by atoms with Crippen LogP contribution < -0.4 is 5.32 Å². The molecule has 1 aromatic heterocycles. The van der Waals surface area contributed by atoms with Gasteiger partial charge in [-0.2, -0.15) is 0 Å². The molecule has 1 fully saturated rings. The molecule has 18 heavy (non-hydrogen) atoms. The first-order valence-corrected chi connectivity index (χ1v) is 7.37. The maximum Gasteiger partial charge on any atom is 0.0605 e. The first-order valence-electron chi connectivity index (χ1n) is 7.37. The van der Waals surface area contributed by atoms with Crippen molar-refractivity contribution in [1.29, 1.82) is 0 Å². The first-order chi connectivity index (χ1) is 8.72. The fraction of sp³-hybridized carbons (Fsp3) is 0.688. The first kappa shape index (κ1) is 13.5. The van der Waals surface area contributed by atoms with Gasteiger partial charge < -0.3 is 5.32 Å². The van der Waals surface area contributed by atoms with Gasteiger partial charge in [-0.25, -0.2) is 0 Å². The lowest BCUT2D eigenvalue weighted by atomic mass is 9.77. The second-order valence-electron chi connectivity index (χ2n) is 5.77. The molecule has 1 saturated carbocycles. The zero-order valence-electron chi connectivity index (χ0n) is 11.9. The van der Waals surface area contributed by atoms with Crippen LogP contribution in [0.3, 0.4) is 0 Å². The van der Waals surface area contributed by atoms with E-state index in [9.17, 15) is 0 Å². The molecule has 3 unspecified atom stereocenters. The molecule has 0 bridgehead atoms. The topological polar surface area (TPSA) is 24.9 Å². The van der Waals surface area contributed by atoms with Gasteiger partial charge in [0.2, 0.25) is 0 Å². The zero-order chi connectivity index (χ0) is 13.0. The summed E-state index contributed by atoms with van der Waals surface area (Å²) in [5.74, 6) is 1.62. The average molecular weight is 246 g/mol. The summed E-state index contributed by atoms with van der Waals surface area (Å²) in [5, 5.41) is 3.67. The zero-order valence-corrected chi connectivity index (χ0v) is 11.9. The molecule has 1 heterocycles. The smallest absolute Gasteiger partial charge is 0.0605 e. The van der Waals surface area contributed by atoms with Gasteiger partial charge in [0.25, 0.3) is 0 Å². The van der Waals surface area contributed by atoms with Crippen molar-refractivity contribution >= 4 is 0 Å². The number of aromatic nitrogens is 1. The van der Waals surface area contributed by atoms with E-state index in [-0.39, 0.29) is 0 Å². The van der Waals surface area contributed by atoms with Gasteiger partial charge in [-0.3, -0.25) is 4.98 Å². The van der Waals surface area contributed by atoms with E-state index in [1.165, 1.54) is 36.9 Å². The molecule has 1 aliphatic carbocycles. The second-order valence-corrected chi connectivity index (χ2v) is 5.77. The third kappa shape index (κ3) is 3.11. The van der Waals surface area contributed by atoms with E-state index in [2.05, 4.69) is 37.1 Å². The quantitative estimate of drug-likeness (QED) is 0.872. The summed E-state index contributed by atoms with van der Waals surface area (Å²) in [6, 6.07) is 4.66. The van der Waals surface area contributed by atoms with E-state index in [0.717, 1.165) is 18.4 Å². The van der Waals surface area contributed by atoms with E-state index in [1.807, 2.05) is 12.3 Å². The van der Waals surface area contributed by atoms with E-state index < -0.39 is 0 Å². The van der Waals surface area contributed by atoms with Crippen molar-refractivity contribution in [3.8, 4) is 0 Å². The summed E-state index contributed by atoms with van der Waals surface area (Å²) in [7, 11) is 0. The lowest BCUT2D eigenvalue weighted by molar-refractivity contribution is 0.222. The minimum Gasteiger partial charge on any atom is -0.309 e. The predicted octanol–water partition coefficient (Wildman–Crippen LogP) is 3.87. The van der Waals surface area contributed by atoms with E-state index in [1.54, 1.807) is 0 Å². The maximum absolute atomic E-state index is 4.63. The highest BCUT2D eigenvalue weighted by molar-refractivity contribution is 5.22. The summed E-state index contributed by atoms with van der Waals surface area (Å²) in [6.45, 7) is 7.78. The number of nitrogens with zero attached hydrogens (tertiary/aromatic N) is 1. The van der Waals surface area contributed by atoms with Gasteiger partial charge in [0.05, 0.1) is 11.7 Å². The molecule has 100 valence electrons. The largest absolute Gasteiger partial charge is 0.309 e. The van der Waals surface area contributed by atoms with Gasteiger partial charge in [-0.1, -0.05) is 32.8 Å². The minimum atomic E-state index is 0.443. The van der Waals surface area contributed by atoms with E-state index in [4.69, 9.17) is 0 Å². The number of rotatable bonds is 4. The Kier molecular flexibility index (Phi) is 4.76. The van der Waals surface area contributed by atoms with Gasteiger partial charge in [0, 0.05) is 6.20 Å². The Balaban J connectivity index is 2.19. The highest BCUT2D eigenvalue weighted by Crippen LogP contribution is 2.37. The Hall–Kier alpha value is -0.890. The van der Waals surface area contributed by atoms with Crippen LogP contribution in [0.4, 0.5) is 0 Å². The molecule has 1 aromatic rings. The van der Waals surface area contributed by atoms with Crippen molar-refractivity contribution in [3.05, 3.63) is 29.6 Å². The predicted molar refractivity (Wildman–Crippen MR) is 76.5 cm³/mol. The lowest BCUT2D eigenvalue weighted by Gasteiger charge is -2.34. The highest BCUT2D eigenvalue weighted by atomic mass is 14.9. The van der Waals surface area contributed by atoms with Crippen molar-refractivity contribution < 1.29 is 0 Å². The van der Waals surface area contributed by atoms with Crippen LogP contribution in [0.25, 0.3) is 0 Å². The standard InChI is InChI=1S/C16H26N2/c1-4-17-16(14-9-5-7-12(2)11-14)15-13(3)8-6-10-18-15/h6,8,10,12,14,16-17H,4-5,7,9,11H2,1-3H3. The Morgan fingerprint density at radius 3 is 2.94 bits per heavy atom. The third-order valence-corrected chi connectivity index (χ3v) is 4.22. The van der Waals surface area contributed by atoms with Crippen LogP contribution in [0.2, 0.25) is 0 Å². The number of pyridine rings is 1. The molecule has 2 rings (SSSR count). The summed E-state index contributed by atoms with van der Waals surface area (Å²) in [4.78, 5) is 4.63. The fourth-order valence-electron chi connectivity index (χ4n) is 3.31. The van der Waals surface area contributed by atoms with Crippen molar-refractivity contribution in [2.24, 2.45) is 11.8 Å². The molecule has 2 heteroatoms. The number of hydrogen-bond acceptors (Lipinski definition) is 2. The Bertz CT molecular complexity index is 375. The summed E-state index contributed by atoms with van der Waals surface area (Å²) >= 11 is 0.